The van der Waals surface area contributed by atoms with Crippen molar-refractivity contribution in [1.29, 1.82) is 0 Å². The van der Waals surface area contributed by atoms with Gasteiger partial charge in [-0.3, -0.25) is 0 Å². The van der Waals surface area contributed by atoms with Crippen molar-refractivity contribution in [2.75, 3.05) is 12.4 Å². The molecule has 2 aromatic rings. The molecule has 0 radical (unpaired) electrons. The van der Waals surface area contributed by atoms with Gasteiger partial charge >= 0.3 is 5.97 Å². The molecule has 19 heavy (non-hydrogen) atoms. The van der Waals surface area contributed by atoms with Gasteiger partial charge in [-0.05, 0) is 18.2 Å². The van der Waals surface area contributed by atoms with Crippen molar-refractivity contribution in [3.8, 4) is 0 Å². The molecule has 0 saturated heterocycles. The molecule has 2 N–H and O–H groups in total. The lowest BCUT2D eigenvalue weighted by Gasteiger charge is -2.10. The molecule has 0 fully saturated rings. The lowest BCUT2D eigenvalue weighted by atomic mass is 10.2. The summed E-state index contributed by atoms with van der Waals surface area (Å²) in [5.74, 6) is -0.544. The molecule has 0 bridgehead atoms. The minimum atomic E-state index is -1.06. The first kappa shape index (κ1) is 13.2. The molecule has 0 aliphatic rings. The minimum Gasteiger partial charge on any atom is -0.475 e. The highest BCUT2D eigenvalue weighted by Gasteiger charge is 2.09. The molecule has 1 heterocycles. The fourth-order valence-electron chi connectivity index (χ4n) is 1.74. The Morgan fingerprint density at radius 1 is 1.32 bits per heavy atom. The molecule has 1 aromatic carbocycles. The van der Waals surface area contributed by atoms with Gasteiger partial charge in [0.05, 0.1) is 13.2 Å². The zero-order valence-corrected chi connectivity index (χ0v) is 10.6. The topological polar surface area (TPSA) is 71.7 Å². The van der Waals surface area contributed by atoms with E-state index in [4.69, 9.17) is 14.3 Å². The van der Waals surface area contributed by atoms with E-state index in [0.717, 1.165) is 11.3 Å². The fourth-order valence-corrected chi connectivity index (χ4v) is 1.74. The standard InChI is InChI=1S/C14H15NO4/c1-18-9-10-4-2-3-5-12(10)15-8-11-6-7-13(19-11)14(16)17/h2-7,15H,8-9H2,1H3,(H,16,17). The van der Waals surface area contributed by atoms with E-state index >= 15 is 0 Å². The maximum atomic E-state index is 10.7. The van der Waals surface area contributed by atoms with Crippen molar-refractivity contribution >= 4 is 11.7 Å². The largest absolute Gasteiger partial charge is 0.475 e. The maximum absolute atomic E-state index is 10.7. The Bertz CT molecular complexity index is 562. The van der Waals surface area contributed by atoms with Gasteiger partial charge in [-0.2, -0.15) is 0 Å². The molecular formula is C14H15NO4. The SMILES string of the molecule is COCc1ccccc1NCc1ccc(C(=O)O)o1. The van der Waals surface area contributed by atoms with Crippen LogP contribution in [0.15, 0.2) is 40.8 Å². The van der Waals surface area contributed by atoms with Crippen LogP contribution in [0.2, 0.25) is 0 Å². The van der Waals surface area contributed by atoms with Crippen molar-refractivity contribution in [3.63, 3.8) is 0 Å². The van der Waals surface area contributed by atoms with Crippen LogP contribution in [0, 0.1) is 0 Å². The third kappa shape index (κ3) is 3.35. The number of aromatic carboxylic acids is 1. The molecule has 1 aromatic heterocycles. The Hall–Kier alpha value is -2.27. The number of carboxylic acid groups (broad SMARTS) is 1. The highest BCUT2D eigenvalue weighted by Crippen LogP contribution is 2.17. The molecule has 0 spiro atoms. The summed E-state index contributed by atoms with van der Waals surface area (Å²) in [6.45, 7) is 0.940. The van der Waals surface area contributed by atoms with Gasteiger partial charge in [0.2, 0.25) is 5.76 Å². The lowest BCUT2D eigenvalue weighted by Crippen LogP contribution is -2.02. The van der Waals surface area contributed by atoms with E-state index in [2.05, 4.69) is 5.32 Å². The number of methoxy groups -OCH3 is 1. The Morgan fingerprint density at radius 2 is 2.11 bits per heavy atom. The molecule has 2 rings (SSSR count). The Morgan fingerprint density at radius 3 is 2.79 bits per heavy atom. The van der Waals surface area contributed by atoms with Crippen molar-refractivity contribution < 1.29 is 19.1 Å². The van der Waals surface area contributed by atoms with Crippen LogP contribution in [-0.4, -0.2) is 18.2 Å². The summed E-state index contributed by atoms with van der Waals surface area (Å²) in [5, 5.41) is 12.0. The molecule has 0 saturated carbocycles. The lowest BCUT2D eigenvalue weighted by molar-refractivity contribution is 0.0660. The quantitative estimate of drug-likeness (QED) is 0.836. The summed E-state index contributed by atoms with van der Waals surface area (Å²) >= 11 is 0. The number of rotatable bonds is 6. The normalized spacial score (nSPS) is 10.4. The van der Waals surface area contributed by atoms with Gasteiger partial charge in [0.1, 0.15) is 5.76 Å². The average molecular weight is 261 g/mol. The Balaban J connectivity index is 2.03. The van der Waals surface area contributed by atoms with E-state index in [0.29, 0.717) is 18.9 Å². The van der Waals surface area contributed by atoms with Gasteiger partial charge in [-0.25, -0.2) is 4.79 Å². The molecule has 0 aliphatic carbocycles. The van der Waals surface area contributed by atoms with Crippen LogP contribution in [-0.2, 0) is 17.9 Å². The monoisotopic (exact) mass is 261 g/mol. The number of para-hydroxylation sites is 1. The molecule has 0 aliphatic heterocycles. The van der Waals surface area contributed by atoms with E-state index in [1.165, 1.54) is 6.07 Å². The number of nitrogens with one attached hydrogen (secondary N) is 1. The van der Waals surface area contributed by atoms with Gasteiger partial charge in [0.25, 0.3) is 0 Å². The maximum Gasteiger partial charge on any atom is 0.371 e. The number of hydrogen-bond donors (Lipinski definition) is 2. The van der Waals surface area contributed by atoms with Crippen LogP contribution in [0.1, 0.15) is 21.9 Å². The number of hydrogen-bond acceptors (Lipinski definition) is 4. The first-order chi connectivity index (χ1) is 9.20. The fraction of sp³-hybridized carbons (Fsp3) is 0.214. The number of carbonyl (C=O) groups is 1. The molecule has 0 unspecified atom stereocenters. The summed E-state index contributed by atoms with van der Waals surface area (Å²) in [4.78, 5) is 10.7. The third-order valence-electron chi connectivity index (χ3n) is 2.64. The smallest absolute Gasteiger partial charge is 0.371 e. The van der Waals surface area contributed by atoms with Crippen LogP contribution in [0.25, 0.3) is 0 Å². The number of furan rings is 1. The molecule has 100 valence electrons. The summed E-state index contributed by atoms with van der Waals surface area (Å²) in [6.07, 6.45) is 0. The van der Waals surface area contributed by atoms with E-state index in [-0.39, 0.29) is 5.76 Å². The van der Waals surface area contributed by atoms with Crippen LogP contribution in [0.5, 0.6) is 0 Å². The Labute approximate surface area is 110 Å². The van der Waals surface area contributed by atoms with E-state index in [9.17, 15) is 4.79 Å². The average Bonchev–Trinajstić information content (AvgIpc) is 2.87. The molecular weight excluding hydrogens is 246 g/mol. The van der Waals surface area contributed by atoms with E-state index in [1.54, 1.807) is 13.2 Å². The van der Waals surface area contributed by atoms with Crippen LogP contribution in [0.3, 0.4) is 0 Å². The van der Waals surface area contributed by atoms with E-state index in [1.807, 2.05) is 24.3 Å². The van der Waals surface area contributed by atoms with E-state index < -0.39 is 5.97 Å². The molecule has 0 amide bonds. The van der Waals surface area contributed by atoms with Crippen molar-refractivity contribution in [3.05, 3.63) is 53.5 Å². The minimum absolute atomic E-state index is 0.0537. The number of carboxylic acids is 1. The van der Waals surface area contributed by atoms with Crippen molar-refractivity contribution in [1.82, 2.24) is 0 Å². The highest BCUT2D eigenvalue weighted by molar-refractivity contribution is 5.84. The van der Waals surface area contributed by atoms with Gasteiger partial charge in [-0.1, -0.05) is 18.2 Å². The third-order valence-corrected chi connectivity index (χ3v) is 2.64. The second-order valence-corrected chi connectivity index (χ2v) is 4.01. The summed E-state index contributed by atoms with van der Waals surface area (Å²) < 4.78 is 10.3. The molecule has 5 nitrogen and oxygen atoms in total. The summed E-state index contributed by atoms with van der Waals surface area (Å²) in [7, 11) is 1.64. The zero-order valence-electron chi connectivity index (χ0n) is 10.6. The Kier molecular flexibility index (Phi) is 4.20. The van der Waals surface area contributed by atoms with Gasteiger partial charge in [-0.15, -0.1) is 0 Å². The predicted octanol–water partition coefficient (Wildman–Crippen LogP) is 2.74. The number of ether oxygens (including phenoxy) is 1. The van der Waals surface area contributed by atoms with Gasteiger partial charge in [0.15, 0.2) is 0 Å². The highest BCUT2D eigenvalue weighted by atomic mass is 16.5. The van der Waals surface area contributed by atoms with Crippen molar-refractivity contribution in [2.45, 2.75) is 13.2 Å². The van der Waals surface area contributed by atoms with Crippen LogP contribution < -0.4 is 5.32 Å². The molecule has 0 atom stereocenters. The predicted molar refractivity (Wildman–Crippen MR) is 70.1 cm³/mol. The van der Waals surface area contributed by atoms with Crippen LogP contribution >= 0.6 is 0 Å². The second-order valence-electron chi connectivity index (χ2n) is 4.01. The zero-order chi connectivity index (χ0) is 13.7. The summed E-state index contributed by atoms with van der Waals surface area (Å²) in [6, 6.07) is 10.9. The summed E-state index contributed by atoms with van der Waals surface area (Å²) in [5.41, 5.74) is 1.98. The van der Waals surface area contributed by atoms with Crippen LogP contribution in [0.4, 0.5) is 5.69 Å². The first-order valence-corrected chi connectivity index (χ1v) is 5.83. The first-order valence-electron chi connectivity index (χ1n) is 5.83. The molecule has 5 heteroatoms. The van der Waals surface area contributed by atoms with Crippen molar-refractivity contribution in [2.24, 2.45) is 0 Å². The number of anilines is 1. The van der Waals surface area contributed by atoms with Gasteiger partial charge < -0.3 is 19.6 Å². The van der Waals surface area contributed by atoms with Gasteiger partial charge in [0, 0.05) is 18.4 Å². The number of benzene rings is 1. The second kappa shape index (κ2) is 6.06.